The lowest BCUT2D eigenvalue weighted by Gasteiger charge is -2.17. The highest BCUT2D eigenvalue weighted by molar-refractivity contribution is 7.59. The van der Waals surface area contributed by atoms with Crippen LogP contribution in [0.1, 0.15) is 23.2 Å². The van der Waals surface area contributed by atoms with Gasteiger partial charge in [0.2, 0.25) is 0 Å². The molecule has 15 nitrogen and oxygen atoms in total. The van der Waals surface area contributed by atoms with Crippen molar-refractivity contribution < 1.29 is 38.3 Å². The van der Waals surface area contributed by atoms with Crippen molar-refractivity contribution in [3.8, 4) is 0 Å². The second-order valence-corrected chi connectivity index (χ2v) is 9.24. The number of benzene rings is 1. The van der Waals surface area contributed by atoms with E-state index in [0.717, 1.165) is 12.1 Å². The van der Waals surface area contributed by atoms with Crippen molar-refractivity contribution in [2.45, 2.75) is 25.2 Å². The Morgan fingerprint density at radius 3 is 2.71 bits per heavy atom. The first-order valence-corrected chi connectivity index (χ1v) is 11.6. The third kappa shape index (κ3) is 7.16. The Morgan fingerprint density at radius 1 is 1.42 bits per heavy atom. The van der Waals surface area contributed by atoms with E-state index in [2.05, 4.69) is 15.7 Å². The van der Waals surface area contributed by atoms with Crippen LogP contribution in [-0.2, 0) is 13.9 Å². The molecule has 0 spiro atoms. The van der Waals surface area contributed by atoms with Crippen molar-refractivity contribution in [2.75, 3.05) is 19.6 Å². The van der Waals surface area contributed by atoms with Gasteiger partial charge in [0.15, 0.2) is 0 Å². The number of hydrogen-bond acceptors (Lipinski definition) is 9. The van der Waals surface area contributed by atoms with Crippen LogP contribution in [0.3, 0.4) is 0 Å². The summed E-state index contributed by atoms with van der Waals surface area (Å²) in [6.07, 6.45) is -0.324. The number of ether oxygens (including phenoxy) is 1. The maximum absolute atomic E-state index is 12.3. The molecule has 0 aromatic heterocycles. The van der Waals surface area contributed by atoms with Gasteiger partial charge in [0.1, 0.15) is 11.8 Å². The number of carbonyl (C=O) groups excluding carboxylic acids is 1. The van der Waals surface area contributed by atoms with Crippen LogP contribution in [0.5, 0.6) is 0 Å². The molecule has 2 rings (SSSR count). The van der Waals surface area contributed by atoms with Crippen molar-refractivity contribution >= 4 is 33.2 Å². The summed E-state index contributed by atoms with van der Waals surface area (Å²) in [7, 11) is -8.13. The SMILES string of the molecule is N=Nc1ccc([N+](=O)[O-])c(C(=O)NCCNC2CCC(CN([P+](=O)O)P(=O)(O)O)O2)c1. The Balaban J connectivity index is 1.82. The van der Waals surface area contributed by atoms with Gasteiger partial charge >= 0.3 is 15.9 Å². The van der Waals surface area contributed by atoms with Crippen LogP contribution in [-0.4, -0.2) is 61.9 Å². The molecule has 6 N–H and O–H groups in total. The van der Waals surface area contributed by atoms with Crippen molar-refractivity contribution in [3.05, 3.63) is 33.9 Å². The lowest BCUT2D eigenvalue weighted by molar-refractivity contribution is -0.385. The Hall–Kier alpha value is -2.22. The molecule has 1 fully saturated rings. The maximum atomic E-state index is 12.3. The van der Waals surface area contributed by atoms with E-state index in [1.807, 2.05) is 0 Å². The number of nitrogens with one attached hydrogen (secondary N) is 3. The van der Waals surface area contributed by atoms with Crippen molar-refractivity contribution in [1.82, 2.24) is 15.1 Å². The molecular weight excluding hydrogens is 458 g/mol. The van der Waals surface area contributed by atoms with Gasteiger partial charge in [-0.3, -0.25) is 20.2 Å². The van der Waals surface area contributed by atoms with E-state index < -0.39 is 51.3 Å². The normalized spacial score (nSPS) is 19.3. The Kier molecular flexibility index (Phi) is 8.79. The summed E-state index contributed by atoms with van der Waals surface area (Å²) in [6, 6.07) is 3.48. The first-order chi connectivity index (χ1) is 14.5. The molecule has 17 heteroatoms. The van der Waals surface area contributed by atoms with Crippen LogP contribution in [0, 0.1) is 15.6 Å². The monoisotopic (exact) mass is 479 g/mol. The molecule has 170 valence electrons. The number of amides is 1. The zero-order chi connectivity index (χ0) is 23.2. The van der Waals surface area contributed by atoms with Gasteiger partial charge in [0.25, 0.3) is 11.6 Å². The number of nitrogens with zero attached hydrogens (tertiary/aromatic N) is 3. The summed E-state index contributed by atoms with van der Waals surface area (Å²) >= 11 is 0. The van der Waals surface area contributed by atoms with Gasteiger partial charge in [0, 0.05) is 23.6 Å². The average molecular weight is 479 g/mol. The van der Waals surface area contributed by atoms with E-state index in [9.17, 15) is 24.0 Å². The molecular formula is C14H21N6O9P2+. The Morgan fingerprint density at radius 2 is 2.13 bits per heavy atom. The van der Waals surface area contributed by atoms with Crippen LogP contribution in [0.25, 0.3) is 0 Å². The molecule has 1 amide bonds. The summed E-state index contributed by atoms with van der Waals surface area (Å²) in [5.74, 6) is -0.715. The standard InChI is InChI=1S/C14H20N6O9P2/c15-18-9-1-3-12(20(22)23)11(7-9)14(21)17-6-5-16-13-4-2-10(29-13)8-19(30(24)25)31(26,27)28/h1,3,7,10,13,15-16H,2,4-6,8H2,(H3-,17,21,24,25,26,27,28)/p+1. The van der Waals surface area contributed by atoms with Gasteiger partial charge < -0.3 is 19.8 Å². The Bertz CT molecular complexity index is 910. The molecule has 0 saturated carbocycles. The highest BCUT2D eigenvalue weighted by Gasteiger charge is 2.45. The molecule has 31 heavy (non-hydrogen) atoms. The first kappa shape index (κ1) is 25.0. The fourth-order valence-corrected chi connectivity index (χ4v) is 4.40. The van der Waals surface area contributed by atoms with Crippen molar-refractivity contribution in [1.29, 1.82) is 5.53 Å². The van der Waals surface area contributed by atoms with E-state index in [1.165, 1.54) is 6.07 Å². The van der Waals surface area contributed by atoms with Crippen LogP contribution in [0.4, 0.5) is 11.4 Å². The van der Waals surface area contributed by atoms with Gasteiger partial charge in [0.05, 0.1) is 23.3 Å². The molecule has 1 aromatic rings. The summed E-state index contributed by atoms with van der Waals surface area (Å²) in [4.78, 5) is 49.9. The largest absolute Gasteiger partial charge is 0.624 e. The quantitative estimate of drug-likeness (QED) is 0.0866. The third-order valence-electron chi connectivity index (χ3n) is 4.31. The highest BCUT2D eigenvalue weighted by Crippen LogP contribution is 2.50. The molecule has 3 atom stereocenters. The molecule has 3 unspecified atom stereocenters. The summed E-state index contributed by atoms with van der Waals surface area (Å²) in [6.45, 7) is -0.123. The molecule has 1 aliphatic rings. The van der Waals surface area contributed by atoms with E-state index >= 15 is 0 Å². The third-order valence-corrected chi connectivity index (χ3v) is 6.79. The summed E-state index contributed by atoms with van der Waals surface area (Å²) < 4.78 is 28.1. The van der Waals surface area contributed by atoms with Crippen LogP contribution < -0.4 is 10.6 Å². The molecule has 1 heterocycles. The number of hydrogen-bond donors (Lipinski definition) is 6. The topological polar surface area (TPSA) is 228 Å². The number of nitro benzene ring substituents is 1. The lowest BCUT2D eigenvalue weighted by Crippen LogP contribution is -2.37. The van der Waals surface area contributed by atoms with Crippen LogP contribution >= 0.6 is 15.9 Å². The van der Waals surface area contributed by atoms with Crippen LogP contribution in [0.2, 0.25) is 0 Å². The molecule has 1 aromatic carbocycles. The second-order valence-electron chi connectivity index (χ2n) is 6.43. The minimum atomic E-state index is -4.90. The predicted molar refractivity (Wildman–Crippen MR) is 105 cm³/mol. The summed E-state index contributed by atoms with van der Waals surface area (Å²) in [5.41, 5.74) is 6.40. The van der Waals surface area contributed by atoms with Crippen LogP contribution in [0.15, 0.2) is 23.3 Å². The van der Waals surface area contributed by atoms with E-state index in [1.54, 1.807) is 0 Å². The van der Waals surface area contributed by atoms with Crippen molar-refractivity contribution in [2.24, 2.45) is 5.11 Å². The molecule has 1 aliphatic heterocycles. The summed E-state index contributed by atoms with van der Waals surface area (Å²) in [5, 5.41) is 19.7. The minimum Gasteiger partial charge on any atom is -0.359 e. The predicted octanol–water partition coefficient (Wildman–Crippen LogP) is 1.13. The second kappa shape index (κ2) is 10.9. The van der Waals surface area contributed by atoms with Gasteiger partial charge in [-0.2, -0.15) is 5.11 Å². The van der Waals surface area contributed by atoms with Crippen molar-refractivity contribution in [3.63, 3.8) is 0 Å². The van der Waals surface area contributed by atoms with Gasteiger partial charge in [-0.1, -0.05) is 0 Å². The molecule has 1 saturated heterocycles. The zero-order valence-corrected chi connectivity index (χ0v) is 17.7. The first-order valence-electron chi connectivity index (χ1n) is 8.85. The molecule has 0 aliphatic carbocycles. The number of carbonyl (C=O) groups is 1. The molecule has 0 radical (unpaired) electrons. The zero-order valence-electron chi connectivity index (χ0n) is 15.9. The van der Waals surface area contributed by atoms with E-state index in [0.29, 0.717) is 12.8 Å². The van der Waals surface area contributed by atoms with E-state index in [4.69, 9.17) is 24.9 Å². The average Bonchev–Trinajstić information content (AvgIpc) is 3.15. The smallest absolute Gasteiger partial charge is 0.359 e. The number of nitro groups is 1. The fourth-order valence-electron chi connectivity index (χ4n) is 2.89. The van der Waals surface area contributed by atoms with E-state index in [-0.39, 0.29) is 28.8 Å². The Labute approximate surface area is 176 Å². The molecule has 0 bridgehead atoms. The fraction of sp³-hybridized carbons (Fsp3) is 0.500. The number of rotatable bonds is 11. The minimum absolute atomic E-state index is 0.0832. The highest BCUT2D eigenvalue weighted by atomic mass is 31.2. The van der Waals surface area contributed by atoms with Gasteiger partial charge in [-0.05, 0) is 29.5 Å². The lowest BCUT2D eigenvalue weighted by atomic mass is 10.1. The van der Waals surface area contributed by atoms with Gasteiger partial charge in [-0.25, -0.2) is 10.1 Å². The maximum Gasteiger partial charge on any atom is 0.624 e. The van der Waals surface area contributed by atoms with Gasteiger partial charge in [-0.15, -0.1) is 4.89 Å².